The second-order valence-corrected chi connectivity index (χ2v) is 7.70. The Morgan fingerprint density at radius 1 is 1.12 bits per heavy atom. The summed E-state index contributed by atoms with van der Waals surface area (Å²) in [4.78, 5) is 12.4. The third kappa shape index (κ3) is 5.15. The van der Waals surface area contributed by atoms with Crippen molar-refractivity contribution in [3.63, 3.8) is 0 Å². The standard InChI is InChI=1S/C19H21N3O3S/c1-14-4-6-16(7-5-14)15(2)22-19(23)17-8-10-18(11-9-17)26(24,25)21-13-3-12-20/h4-11,15,21H,3,13H2,1-2H3,(H,22,23). The van der Waals surface area contributed by atoms with Crippen LogP contribution in [0.5, 0.6) is 0 Å². The van der Waals surface area contributed by atoms with Crippen LogP contribution in [-0.2, 0) is 10.0 Å². The normalized spacial score (nSPS) is 12.2. The second-order valence-electron chi connectivity index (χ2n) is 5.94. The zero-order valence-corrected chi connectivity index (χ0v) is 15.5. The van der Waals surface area contributed by atoms with Gasteiger partial charge in [0.15, 0.2) is 0 Å². The van der Waals surface area contributed by atoms with Gasteiger partial charge in [0.1, 0.15) is 0 Å². The molecule has 7 heteroatoms. The fourth-order valence-corrected chi connectivity index (χ4v) is 3.36. The van der Waals surface area contributed by atoms with Crippen LogP contribution in [0.4, 0.5) is 0 Å². The number of benzene rings is 2. The largest absolute Gasteiger partial charge is 0.346 e. The summed E-state index contributed by atoms with van der Waals surface area (Å²) >= 11 is 0. The highest BCUT2D eigenvalue weighted by Crippen LogP contribution is 2.15. The molecule has 136 valence electrons. The average molecular weight is 371 g/mol. The van der Waals surface area contributed by atoms with Gasteiger partial charge in [-0.15, -0.1) is 0 Å². The van der Waals surface area contributed by atoms with E-state index in [1.54, 1.807) is 0 Å². The molecule has 1 unspecified atom stereocenters. The minimum atomic E-state index is -3.68. The van der Waals surface area contributed by atoms with E-state index in [-0.39, 0.29) is 29.8 Å². The topological polar surface area (TPSA) is 99.1 Å². The Kier molecular flexibility index (Phi) is 6.50. The summed E-state index contributed by atoms with van der Waals surface area (Å²) in [6.07, 6.45) is 0.0939. The van der Waals surface area contributed by atoms with Crippen molar-refractivity contribution in [3.05, 3.63) is 65.2 Å². The predicted octanol–water partition coefficient (Wildman–Crippen LogP) is 2.68. The lowest BCUT2D eigenvalue weighted by Crippen LogP contribution is -2.27. The van der Waals surface area contributed by atoms with E-state index < -0.39 is 10.0 Å². The van der Waals surface area contributed by atoms with Crippen LogP contribution in [0, 0.1) is 18.3 Å². The molecule has 0 heterocycles. The molecule has 2 rings (SSSR count). The Bertz CT molecular complexity index is 899. The Balaban J connectivity index is 2.04. The quantitative estimate of drug-likeness (QED) is 0.731. The summed E-state index contributed by atoms with van der Waals surface area (Å²) in [5, 5.41) is 11.4. The number of aryl methyl sites for hydroxylation is 1. The lowest BCUT2D eigenvalue weighted by atomic mass is 10.1. The molecule has 0 aliphatic rings. The van der Waals surface area contributed by atoms with Crippen molar-refractivity contribution >= 4 is 15.9 Å². The highest BCUT2D eigenvalue weighted by molar-refractivity contribution is 7.89. The number of amides is 1. The smallest absolute Gasteiger partial charge is 0.251 e. The van der Waals surface area contributed by atoms with Gasteiger partial charge in [0, 0.05) is 18.5 Å². The molecule has 0 fully saturated rings. The molecule has 2 N–H and O–H groups in total. The van der Waals surface area contributed by atoms with Gasteiger partial charge in [0.05, 0.1) is 17.0 Å². The lowest BCUT2D eigenvalue weighted by Gasteiger charge is -2.15. The fourth-order valence-electron chi connectivity index (χ4n) is 2.33. The number of sulfonamides is 1. The number of carbonyl (C=O) groups excluding carboxylic acids is 1. The van der Waals surface area contributed by atoms with Crippen LogP contribution in [0.3, 0.4) is 0 Å². The van der Waals surface area contributed by atoms with Crippen molar-refractivity contribution in [3.8, 4) is 6.07 Å². The van der Waals surface area contributed by atoms with E-state index in [0.29, 0.717) is 5.56 Å². The molecule has 0 aliphatic heterocycles. The summed E-state index contributed by atoms with van der Waals surface area (Å²) in [5.74, 6) is -0.278. The molecule has 0 radical (unpaired) electrons. The van der Waals surface area contributed by atoms with Crippen LogP contribution in [-0.4, -0.2) is 20.9 Å². The van der Waals surface area contributed by atoms with Gasteiger partial charge in [-0.05, 0) is 43.7 Å². The molecule has 1 amide bonds. The van der Waals surface area contributed by atoms with E-state index in [4.69, 9.17) is 5.26 Å². The maximum atomic E-state index is 12.4. The molecule has 2 aromatic rings. The molecule has 0 bridgehead atoms. The van der Waals surface area contributed by atoms with Gasteiger partial charge in [-0.3, -0.25) is 4.79 Å². The molecular weight excluding hydrogens is 350 g/mol. The van der Waals surface area contributed by atoms with E-state index in [2.05, 4.69) is 10.0 Å². The van der Waals surface area contributed by atoms with Crippen LogP contribution in [0.25, 0.3) is 0 Å². The summed E-state index contributed by atoms with van der Waals surface area (Å²) < 4.78 is 26.4. The second kappa shape index (κ2) is 8.61. The Morgan fingerprint density at radius 2 is 1.73 bits per heavy atom. The lowest BCUT2D eigenvalue weighted by molar-refractivity contribution is 0.0940. The van der Waals surface area contributed by atoms with Gasteiger partial charge in [-0.25, -0.2) is 13.1 Å². The molecule has 0 saturated carbocycles. The van der Waals surface area contributed by atoms with Gasteiger partial charge in [0.2, 0.25) is 10.0 Å². The monoisotopic (exact) mass is 371 g/mol. The summed E-state index contributed by atoms with van der Waals surface area (Å²) in [6, 6.07) is 15.3. The Hall–Kier alpha value is -2.69. The molecule has 26 heavy (non-hydrogen) atoms. The van der Waals surface area contributed by atoms with Crippen molar-refractivity contribution in [1.82, 2.24) is 10.0 Å². The molecule has 1 atom stereocenters. The average Bonchev–Trinajstić information content (AvgIpc) is 2.62. The third-order valence-electron chi connectivity index (χ3n) is 3.88. The van der Waals surface area contributed by atoms with Crippen molar-refractivity contribution in [1.29, 1.82) is 5.26 Å². The Morgan fingerprint density at radius 3 is 2.31 bits per heavy atom. The molecule has 0 spiro atoms. The number of nitrogens with zero attached hydrogens (tertiary/aromatic N) is 1. The number of hydrogen-bond acceptors (Lipinski definition) is 4. The van der Waals surface area contributed by atoms with E-state index in [9.17, 15) is 13.2 Å². The molecule has 2 aromatic carbocycles. The minimum absolute atomic E-state index is 0.0507. The van der Waals surface area contributed by atoms with E-state index >= 15 is 0 Å². The van der Waals surface area contributed by atoms with Crippen LogP contribution < -0.4 is 10.0 Å². The first-order valence-corrected chi connectivity index (χ1v) is 9.66. The predicted molar refractivity (Wildman–Crippen MR) is 98.9 cm³/mol. The van der Waals surface area contributed by atoms with Crippen molar-refractivity contribution in [2.24, 2.45) is 0 Å². The molecule has 0 saturated heterocycles. The first kappa shape index (κ1) is 19.6. The maximum Gasteiger partial charge on any atom is 0.251 e. The number of nitrogens with one attached hydrogen (secondary N) is 2. The minimum Gasteiger partial charge on any atom is -0.346 e. The number of rotatable bonds is 7. The zero-order chi connectivity index (χ0) is 19.2. The van der Waals surface area contributed by atoms with E-state index in [1.807, 2.05) is 44.2 Å². The van der Waals surface area contributed by atoms with Gasteiger partial charge in [-0.2, -0.15) is 5.26 Å². The number of hydrogen-bond donors (Lipinski definition) is 2. The van der Waals surface area contributed by atoms with Crippen molar-refractivity contribution < 1.29 is 13.2 Å². The highest BCUT2D eigenvalue weighted by Gasteiger charge is 2.15. The van der Waals surface area contributed by atoms with E-state index in [1.165, 1.54) is 24.3 Å². The molecule has 0 aromatic heterocycles. The summed E-state index contributed by atoms with van der Waals surface area (Å²) in [6.45, 7) is 3.94. The van der Waals surface area contributed by atoms with E-state index in [0.717, 1.165) is 11.1 Å². The van der Waals surface area contributed by atoms with Crippen molar-refractivity contribution in [2.45, 2.75) is 31.2 Å². The number of carbonyl (C=O) groups is 1. The maximum absolute atomic E-state index is 12.4. The van der Waals surface area contributed by atoms with Gasteiger partial charge < -0.3 is 5.32 Å². The third-order valence-corrected chi connectivity index (χ3v) is 5.36. The molecule has 0 aliphatic carbocycles. The SMILES string of the molecule is Cc1ccc(C(C)NC(=O)c2ccc(S(=O)(=O)NCCC#N)cc2)cc1. The molecule has 6 nitrogen and oxygen atoms in total. The number of nitriles is 1. The van der Waals surface area contributed by atoms with Gasteiger partial charge in [0.25, 0.3) is 5.91 Å². The molecular formula is C19H21N3O3S. The first-order valence-electron chi connectivity index (χ1n) is 8.17. The summed E-state index contributed by atoms with van der Waals surface area (Å²) in [5.41, 5.74) is 2.51. The van der Waals surface area contributed by atoms with Crippen LogP contribution in [0.2, 0.25) is 0 Å². The zero-order valence-electron chi connectivity index (χ0n) is 14.7. The highest BCUT2D eigenvalue weighted by atomic mass is 32.2. The summed E-state index contributed by atoms with van der Waals surface area (Å²) in [7, 11) is -3.68. The van der Waals surface area contributed by atoms with Crippen molar-refractivity contribution in [2.75, 3.05) is 6.54 Å². The van der Waals surface area contributed by atoms with Crippen LogP contribution >= 0.6 is 0 Å². The fraction of sp³-hybridized carbons (Fsp3) is 0.263. The van der Waals surface area contributed by atoms with Gasteiger partial charge >= 0.3 is 0 Å². The van der Waals surface area contributed by atoms with Gasteiger partial charge in [-0.1, -0.05) is 29.8 Å². The Labute approximate surface area is 153 Å². The van der Waals surface area contributed by atoms with Crippen LogP contribution in [0.15, 0.2) is 53.4 Å². The van der Waals surface area contributed by atoms with Crippen LogP contribution in [0.1, 0.15) is 40.9 Å². The first-order chi connectivity index (χ1) is 12.3.